The topological polar surface area (TPSA) is 98.3 Å². The average Bonchev–Trinajstić information content (AvgIpc) is 2.79. The molecule has 0 spiro atoms. The first-order valence-electron chi connectivity index (χ1n) is 6.11. The van der Waals surface area contributed by atoms with Gasteiger partial charge in [0.1, 0.15) is 6.20 Å². The van der Waals surface area contributed by atoms with E-state index in [4.69, 9.17) is 0 Å². The van der Waals surface area contributed by atoms with Gasteiger partial charge in [0.05, 0.1) is 17.8 Å². The van der Waals surface area contributed by atoms with E-state index in [1.165, 1.54) is 11.6 Å². The summed E-state index contributed by atoms with van der Waals surface area (Å²) in [5, 5.41) is 21.1. The first kappa shape index (κ1) is 15.3. The van der Waals surface area contributed by atoms with Crippen molar-refractivity contribution in [1.82, 2.24) is 9.55 Å². The van der Waals surface area contributed by atoms with Gasteiger partial charge in [-0.15, -0.1) is 0 Å². The first-order chi connectivity index (χ1) is 9.82. The number of aliphatic hydroxyl groups is 1. The second-order valence-corrected chi connectivity index (χ2v) is 6.02. The zero-order valence-electron chi connectivity index (χ0n) is 11.8. The zero-order valence-corrected chi connectivity index (χ0v) is 12.6. The molecular formula is C13H15N3O4S. The molecule has 112 valence electrons. The molecule has 2 aromatic rings. The van der Waals surface area contributed by atoms with Crippen LogP contribution >= 0.6 is 0 Å². The minimum atomic E-state index is -1.10. The summed E-state index contributed by atoms with van der Waals surface area (Å²) in [7, 11) is 0.373. The van der Waals surface area contributed by atoms with Gasteiger partial charge >= 0.3 is 5.82 Å². The highest BCUT2D eigenvalue weighted by Gasteiger charge is 2.24. The van der Waals surface area contributed by atoms with Gasteiger partial charge in [0, 0.05) is 11.2 Å². The van der Waals surface area contributed by atoms with Gasteiger partial charge < -0.3 is 15.2 Å². The third-order valence-electron chi connectivity index (χ3n) is 3.26. The van der Waals surface area contributed by atoms with Crippen LogP contribution in [0.5, 0.6) is 0 Å². The zero-order chi connectivity index (χ0) is 15.7. The maximum Gasteiger partial charge on any atom is 0.342 e. The number of hydrogen-bond donors (Lipinski definition) is 1. The molecule has 1 N–H and O–H groups in total. The Balaban J connectivity index is 2.41. The molecule has 1 aromatic carbocycles. The van der Waals surface area contributed by atoms with Crippen LogP contribution in [0.15, 0.2) is 29.3 Å². The number of nitrogens with zero attached hydrogens (tertiary/aromatic N) is 3. The van der Waals surface area contributed by atoms with E-state index in [-0.39, 0.29) is 11.6 Å². The number of nitro groups is 1. The highest BCUT2D eigenvalue weighted by atomic mass is 32.2. The van der Waals surface area contributed by atoms with Gasteiger partial charge in [-0.25, -0.2) is 9.55 Å². The quantitative estimate of drug-likeness (QED) is 0.681. The van der Waals surface area contributed by atoms with E-state index in [2.05, 4.69) is 4.98 Å². The molecular weight excluding hydrogens is 294 g/mol. The van der Waals surface area contributed by atoms with Crippen molar-refractivity contribution in [2.75, 3.05) is 6.26 Å². The number of hydrogen-bond acceptors (Lipinski definition) is 5. The van der Waals surface area contributed by atoms with Gasteiger partial charge in [0.15, 0.2) is 6.10 Å². The fourth-order valence-electron chi connectivity index (χ4n) is 2.15. The molecule has 8 heteroatoms. The van der Waals surface area contributed by atoms with Crippen molar-refractivity contribution in [2.45, 2.75) is 17.9 Å². The van der Waals surface area contributed by atoms with Gasteiger partial charge in [0.2, 0.25) is 5.82 Å². The maximum absolute atomic E-state index is 11.5. The van der Waals surface area contributed by atoms with Crippen molar-refractivity contribution < 1.29 is 14.2 Å². The Morgan fingerprint density at radius 3 is 2.62 bits per heavy atom. The van der Waals surface area contributed by atoms with Crippen LogP contribution in [-0.2, 0) is 17.8 Å². The van der Waals surface area contributed by atoms with Crippen molar-refractivity contribution >= 4 is 16.6 Å². The molecule has 2 unspecified atom stereocenters. The van der Waals surface area contributed by atoms with Crippen LogP contribution in [0.3, 0.4) is 0 Å². The molecule has 0 amide bonds. The first-order valence-corrected chi connectivity index (χ1v) is 7.66. The Bertz CT molecular complexity index is 726. The van der Waals surface area contributed by atoms with Crippen LogP contribution in [0.1, 0.15) is 23.1 Å². The predicted octanol–water partition coefficient (Wildman–Crippen LogP) is 1.46. The number of imidazole rings is 1. The Kier molecular flexibility index (Phi) is 4.19. The minimum Gasteiger partial charge on any atom is -0.378 e. The summed E-state index contributed by atoms with van der Waals surface area (Å²) >= 11 is 0. The fraction of sp³-hybridized carbons (Fsp3) is 0.308. The van der Waals surface area contributed by atoms with Crippen LogP contribution in [0.2, 0.25) is 0 Å². The molecule has 1 heterocycles. The third-order valence-corrected chi connectivity index (χ3v) is 4.33. The standard InChI is InChI=1S/C13H15N3O4S/c1-8-6-9(4-5-10(8)21(3)20)12(17)13-14-7-11(15(13)2)16(18)19/h4-7,12,17H,1-3H3. The summed E-state index contributed by atoms with van der Waals surface area (Å²) in [5.74, 6) is -0.00137. The Hall–Kier alpha value is -2.06. The van der Waals surface area contributed by atoms with Crippen molar-refractivity contribution in [3.63, 3.8) is 0 Å². The van der Waals surface area contributed by atoms with Crippen LogP contribution in [0.4, 0.5) is 5.82 Å². The summed E-state index contributed by atoms with van der Waals surface area (Å²) in [4.78, 5) is 14.8. The van der Waals surface area contributed by atoms with E-state index in [1.54, 1.807) is 31.4 Å². The van der Waals surface area contributed by atoms with Gasteiger partial charge in [0.25, 0.3) is 0 Å². The molecule has 7 nitrogen and oxygen atoms in total. The third kappa shape index (κ3) is 2.86. The Labute approximate surface area is 123 Å². The molecule has 0 radical (unpaired) electrons. The van der Waals surface area contributed by atoms with Crippen LogP contribution in [0.25, 0.3) is 0 Å². The summed E-state index contributed by atoms with van der Waals surface area (Å²) in [6.07, 6.45) is 1.61. The normalized spacial score (nSPS) is 13.9. The van der Waals surface area contributed by atoms with Gasteiger partial charge in [-0.2, -0.15) is 0 Å². The average molecular weight is 309 g/mol. The molecule has 2 atom stereocenters. The summed E-state index contributed by atoms with van der Waals surface area (Å²) < 4.78 is 12.7. The minimum absolute atomic E-state index is 0.187. The monoisotopic (exact) mass is 309 g/mol. The SMILES string of the molecule is Cc1cc(C(O)c2ncc([N+](=O)[O-])n2C)ccc1S(C)=O. The van der Waals surface area contributed by atoms with Crippen LogP contribution < -0.4 is 0 Å². The number of benzene rings is 1. The summed E-state index contributed by atoms with van der Waals surface area (Å²) in [6, 6.07) is 5.04. The van der Waals surface area contributed by atoms with Crippen LogP contribution in [0, 0.1) is 17.0 Å². The van der Waals surface area contributed by atoms with Gasteiger partial charge in [-0.1, -0.05) is 12.1 Å². The molecule has 21 heavy (non-hydrogen) atoms. The molecule has 1 aromatic heterocycles. The molecule has 0 saturated heterocycles. The van der Waals surface area contributed by atoms with Crippen molar-refractivity contribution in [3.8, 4) is 0 Å². The lowest BCUT2D eigenvalue weighted by molar-refractivity contribution is -0.391. The van der Waals surface area contributed by atoms with Gasteiger partial charge in [-0.05, 0) is 29.0 Å². The smallest absolute Gasteiger partial charge is 0.342 e. The van der Waals surface area contributed by atoms with E-state index in [1.807, 2.05) is 0 Å². The molecule has 0 saturated carbocycles. The fourth-order valence-corrected chi connectivity index (χ4v) is 2.92. The molecule has 0 aliphatic heterocycles. The highest BCUT2D eigenvalue weighted by molar-refractivity contribution is 7.84. The van der Waals surface area contributed by atoms with E-state index < -0.39 is 21.8 Å². The highest BCUT2D eigenvalue weighted by Crippen LogP contribution is 2.26. The number of aryl methyl sites for hydroxylation is 1. The largest absolute Gasteiger partial charge is 0.378 e. The second kappa shape index (κ2) is 5.74. The maximum atomic E-state index is 11.5. The van der Waals surface area contributed by atoms with Crippen LogP contribution in [-0.4, -0.2) is 30.0 Å². The number of rotatable bonds is 4. The molecule has 0 fully saturated rings. The lowest BCUT2D eigenvalue weighted by Crippen LogP contribution is -2.09. The Morgan fingerprint density at radius 2 is 2.14 bits per heavy atom. The predicted molar refractivity (Wildman–Crippen MR) is 77.4 cm³/mol. The molecule has 0 bridgehead atoms. The van der Waals surface area contributed by atoms with E-state index in [0.29, 0.717) is 10.5 Å². The van der Waals surface area contributed by atoms with Crippen molar-refractivity contribution in [2.24, 2.45) is 7.05 Å². The molecule has 0 aliphatic rings. The molecule has 2 rings (SSSR count). The van der Waals surface area contributed by atoms with Crippen molar-refractivity contribution in [1.29, 1.82) is 0 Å². The van der Waals surface area contributed by atoms with Gasteiger partial charge in [-0.3, -0.25) is 4.21 Å². The number of aromatic nitrogens is 2. The summed E-state index contributed by atoms with van der Waals surface area (Å²) in [6.45, 7) is 1.80. The van der Waals surface area contributed by atoms with E-state index in [0.717, 1.165) is 11.8 Å². The lowest BCUT2D eigenvalue weighted by Gasteiger charge is -2.11. The second-order valence-electron chi connectivity index (χ2n) is 4.67. The lowest BCUT2D eigenvalue weighted by atomic mass is 10.1. The summed E-state index contributed by atoms with van der Waals surface area (Å²) in [5.41, 5.74) is 1.33. The van der Waals surface area contributed by atoms with E-state index in [9.17, 15) is 19.4 Å². The molecule has 0 aliphatic carbocycles. The Morgan fingerprint density at radius 1 is 1.48 bits per heavy atom. The van der Waals surface area contributed by atoms with Crippen molar-refractivity contribution in [3.05, 3.63) is 51.5 Å². The van der Waals surface area contributed by atoms with E-state index >= 15 is 0 Å². The number of aliphatic hydroxyl groups excluding tert-OH is 1.